The summed E-state index contributed by atoms with van der Waals surface area (Å²) in [4.78, 5) is 16.4. The standard InChI is InChI=1S/C17H8F7NO2/c18-8-5-6-12-10(7-8)13(9-3-1-2-4-11(9)25-12)14(26)27-15(16(19,20)21)17(22,23)24/h1-7,15H. The molecular formula is C17H8F7NO2. The molecule has 0 amide bonds. The number of pyridine rings is 1. The number of carbonyl (C=O) groups is 1. The number of esters is 1. The van der Waals surface area contributed by atoms with Crippen molar-refractivity contribution in [3.05, 3.63) is 53.8 Å². The first kappa shape index (κ1) is 18.9. The molecule has 0 saturated carbocycles. The number of hydrogen-bond acceptors (Lipinski definition) is 3. The zero-order valence-electron chi connectivity index (χ0n) is 13.0. The average molecular weight is 391 g/mol. The first-order valence-electron chi connectivity index (χ1n) is 7.31. The lowest BCUT2D eigenvalue weighted by Crippen LogP contribution is -2.45. The summed E-state index contributed by atoms with van der Waals surface area (Å²) in [5.41, 5.74) is -0.495. The largest absolute Gasteiger partial charge is 0.439 e. The number of hydrogen-bond donors (Lipinski definition) is 0. The number of fused-ring (bicyclic) bond motifs is 2. The van der Waals surface area contributed by atoms with E-state index in [1.165, 1.54) is 24.3 Å². The highest BCUT2D eigenvalue weighted by molar-refractivity contribution is 6.14. The van der Waals surface area contributed by atoms with Crippen LogP contribution in [0.2, 0.25) is 0 Å². The fourth-order valence-corrected chi connectivity index (χ4v) is 2.57. The van der Waals surface area contributed by atoms with Crippen LogP contribution in [0.15, 0.2) is 42.5 Å². The molecule has 0 unspecified atom stereocenters. The van der Waals surface area contributed by atoms with Crippen LogP contribution in [0, 0.1) is 5.82 Å². The fraction of sp³-hybridized carbons (Fsp3) is 0.176. The molecule has 2 aromatic carbocycles. The van der Waals surface area contributed by atoms with Crippen molar-refractivity contribution >= 4 is 27.8 Å². The minimum absolute atomic E-state index is 0.0117. The summed E-state index contributed by atoms with van der Waals surface area (Å²) in [7, 11) is 0. The molecule has 10 heteroatoms. The van der Waals surface area contributed by atoms with E-state index < -0.39 is 35.8 Å². The topological polar surface area (TPSA) is 39.2 Å². The van der Waals surface area contributed by atoms with Crippen LogP contribution in [0.5, 0.6) is 0 Å². The predicted molar refractivity (Wildman–Crippen MR) is 80.5 cm³/mol. The highest BCUT2D eigenvalue weighted by Crippen LogP contribution is 2.37. The molecule has 0 atom stereocenters. The Balaban J connectivity index is 2.21. The lowest BCUT2D eigenvalue weighted by molar-refractivity contribution is -0.307. The maximum atomic E-state index is 13.6. The highest BCUT2D eigenvalue weighted by atomic mass is 19.4. The molecule has 0 saturated heterocycles. The van der Waals surface area contributed by atoms with Gasteiger partial charge in [-0.2, -0.15) is 26.3 Å². The van der Waals surface area contributed by atoms with Gasteiger partial charge in [-0.05, 0) is 24.3 Å². The van der Waals surface area contributed by atoms with E-state index >= 15 is 0 Å². The highest BCUT2D eigenvalue weighted by Gasteiger charge is 2.60. The van der Waals surface area contributed by atoms with Crippen molar-refractivity contribution in [2.24, 2.45) is 0 Å². The van der Waals surface area contributed by atoms with Gasteiger partial charge in [0, 0.05) is 10.8 Å². The summed E-state index contributed by atoms with van der Waals surface area (Å²) in [6.45, 7) is 0. The summed E-state index contributed by atoms with van der Waals surface area (Å²) >= 11 is 0. The van der Waals surface area contributed by atoms with Crippen LogP contribution in [0.25, 0.3) is 21.8 Å². The lowest BCUT2D eigenvalue weighted by Gasteiger charge is -2.23. The Labute approximate surface area is 146 Å². The van der Waals surface area contributed by atoms with Crippen molar-refractivity contribution in [2.45, 2.75) is 18.5 Å². The van der Waals surface area contributed by atoms with Gasteiger partial charge in [0.1, 0.15) is 5.82 Å². The summed E-state index contributed by atoms with van der Waals surface area (Å²) in [6.07, 6.45) is -16.0. The van der Waals surface area contributed by atoms with Gasteiger partial charge in [0.25, 0.3) is 6.10 Å². The van der Waals surface area contributed by atoms with Gasteiger partial charge in [-0.25, -0.2) is 14.2 Å². The van der Waals surface area contributed by atoms with E-state index in [1.54, 1.807) is 0 Å². The molecule has 1 heterocycles. The molecule has 0 bridgehead atoms. The number of rotatable bonds is 2. The van der Waals surface area contributed by atoms with Crippen molar-refractivity contribution in [1.82, 2.24) is 4.98 Å². The molecule has 0 aliphatic carbocycles. The van der Waals surface area contributed by atoms with Gasteiger partial charge in [-0.1, -0.05) is 18.2 Å². The molecule has 0 aliphatic heterocycles. The molecule has 0 spiro atoms. The van der Waals surface area contributed by atoms with Gasteiger partial charge in [0.05, 0.1) is 16.6 Å². The van der Waals surface area contributed by atoms with Crippen molar-refractivity contribution in [3.63, 3.8) is 0 Å². The number of aromatic nitrogens is 1. The monoisotopic (exact) mass is 391 g/mol. The molecule has 3 nitrogen and oxygen atoms in total. The second kappa shape index (κ2) is 6.36. The Morgan fingerprint density at radius 2 is 1.48 bits per heavy atom. The van der Waals surface area contributed by atoms with Crippen LogP contribution in [0.1, 0.15) is 10.4 Å². The minimum Gasteiger partial charge on any atom is -0.439 e. The Morgan fingerprint density at radius 3 is 2.11 bits per heavy atom. The van der Waals surface area contributed by atoms with Crippen LogP contribution in [0.3, 0.4) is 0 Å². The summed E-state index contributed by atoms with van der Waals surface area (Å²) < 4.78 is 93.7. The smallest absolute Gasteiger partial charge is 0.434 e. The molecule has 142 valence electrons. The van der Waals surface area contributed by atoms with E-state index in [-0.39, 0.29) is 21.8 Å². The first-order valence-corrected chi connectivity index (χ1v) is 7.31. The number of alkyl halides is 6. The number of ether oxygens (including phenoxy) is 1. The Kier molecular flexibility index (Phi) is 4.44. The van der Waals surface area contributed by atoms with Crippen LogP contribution >= 0.6 is 0 Å². The van der Waals surface area contributed by atoms with E-state index in [0.717, 1.165) is 18.2 Å². The number of nitrogens with zero attached hydrogens (tertiary/aromatic N) is 1. The molecule has 3 aromatic rings. The molecule has 3 rings (SSSR count). The number of benzene rings is 2. The zero-order chi connectivity index (χ0) is 20.0. The first-order chi connectivity index (χ1) is 12.5. The Bertz CT molecular complexity index is 1010. The molecule has 0 N–H and O–H groups in total. The van der Waals surface area contributed by atoms with Crippen LogP contribution < -0.4 is 0 Å². The minimum atomic E-state index is -5.86. The SMILES string of the molecule is O=C(OC(C(F)(F)F)C(F)(F)F)c1c2ccccc2nc2ccc(F)cc12. The van der Waals surface area contributed by atoms with Crippen molar-refractivity contribution in [2.75, 3.05) is 0 Å². The quantitative estimate of drug-likeness (QED) is 0.343. The van der Waals surface area contributed by atoms with E-state index in [9.17, 15) is 35.5 Å². The average Bonchev–Trinajstić information content (AvgIpc) is 2.55. The maximum absolute atomic E-state index is 13.6. The Morgan fingerprint density at radius 1 is 0.889 bits per heavy atom. The molecule has 1 aromatic heterocycles. The number of para-hydroxylation sites is 1. The molecule has 0 aliphatic rings. The predicted octanol–water partition coefficient (Wildman–Crippen LogP) is 5.18. The summed E-state index contributed by atoms with van der Waals surface area (Å²) in [6, 6.07) is 8.51. The van der Waals surface area contributed by atoms with Gasteiger partial charge in [0.2, 0.25) is 0 Å². The molecule has 0 radical (unpaired) electrons. The number of halogens is 7. The molecule has 0 fully saturated rings. The van der Waals surface area contributed by atoms with Crippen molar-refractivity contribution in [3.8, 4) is 0 Å². The number of carbonyl (C=O) groups excluding carboxylic acids is 1. The third-order valence-electron chi connectivity index (χ3n) is 3.67. The van der Waals surface area contributed by atoms with Crippen molar-refractivity contribution < 1.29 is 40.3 Å². The van der Waals surface area contributed by atoms with Gasteiger partial charge in [-0.3, -0.25) is 0 Å². The lowest BCUT2D eigenvalue weighted by atomic mass is 10.0. The zero-order valence-corrected chi connectivity index (χ0v) is 13.0. The molecular weight excluding hydrogens is 383 g/mol. The fourth-order valence-electron chi connectivity index (χ4n) is 2.57. The van der Waals surface area contributed by atoms with Crippen LogP contribution in [-0.4, -0.2) is 29.4 Å². The normalized spacial score (nSPS) is 12.7. The second-order valence-electron chi connectivity index (χ2n) is 5.53. The third-order valence-corrected chi connectivity index (χ3v) is 3.67. The van der Waals surface area contributed by atoms with Gasteiger partial charge < -0.3 is 4.74 Å². The van der Waals surface area contributed by atoms with Gasteiger partial charge in [0.15, 0.2) is 0 Å². The summed E-state index contributed by atoms with van der Waals surface area (Å²) in [5.74, 6) is -2.74. The maximum Gasteiger partial charge on any atom is 0.434 e. The van der Waals surface area contributed by atoms with E-state index in [4.69, 9.17) is 0 Å². The third kappa shape index (κ3) is 3.64. The Hall–Kier alpha value is -2.91. The van der Waals surface area contributed by atoms with Crippen LogP contribution in [0.4, 0.5) is 30.7 Å². The van der Waals surface area contributed by atoms with Crippen molar-refractivity contribution in [1.29, 1.82) is 0 Å². The van der Waals surface area contributed by atoms with E-state index in [2.05, 4.69) is 9.72 Å². The molecule has 27 heavy (non-hydrogen) atoms. The second-order valence-corrected chi connectivity index (χ2v) is 5.53. The van der Waals surface area contributed by atoms with E-state index in [0.29, 0.717) is 0 Å². The van der Waals surface area contributed by atoms with Gasteiger partial charge >= 0.3 is 18.3 Å². The van der Waals surface area contributed by atoms with Crippen LogP contribution in [-0.2, 0) is 4.74 Å². The van der Waals surface area contributed by atoms with E-state index in [1.807, 2.05) is 0 Å². The van der Waals surface area contributed by atoms with Gasteiger partial charge in [-0.15, -0.1) is 0 Å². The summed E-state index contributed by atoms with van der Waals surface area (Å²) in [5, 5.41) is -0.328.